The number of thiazole rings is 2. The van der Waals surface area contributed by atoms with Gasteiger partial charge in [0.15, 0.2) is 5.13 Å². The summed E-state index contributed by atoms with van der Waals surface area (Å²) >= 11 is 2.57. The van der Waals surface area contributed by atoms with E-state index < -0.39 is 5.97 Å². The number of amides is 1. The first-order valence-corrected chi connectivity index (χ1v) is 9.60. The van der Waals surface area contributed by atoms with Crippen LogP contribution in [-0.4, -0.2) is 35.5 Å². The van der Waals surface area contributed by atoms with E-state index in [1.54, 1.807) is 20.9 Å². The number of anilines is 1. The summed E-state index contributed by atoms with van der Waals surface area (Å²) in [6.45, 7) is 11.8. The number of hydrogen-bond donors (Lipinski definition) is 0. The Morgan fingerprint density at radius 2 is 1.68 bits per heavy atom. The van der Waals surface area contributed by atoms with Crippen molar-refractivity contribution in [1.29, 1.82) is 0 Å². The highest BCUT2D eigenvalue weighted by molar-refractivity contribution is 7.18. The van der Waals surface area contributed by atoms with Crippen molar-refractivity contribution >= 4 is 39.7 Å². The third kappa shape index (κ3) is 4.07. The van der Waals surface area contributed by atoms with Crippen LogP contribution in [0.5, 0.6) is 0 Å². The van der Waals surface area contributed by atoms with E-state index >= 15 is 0 Å². The second-order valence-electron chi connectivity index (χ2n) is 6.68. The lowest BCUT2D eigenvalue weighted by molar-refractivity contribution is 0.0531. The molecule has 0 saturated heterocycles. The van der Waals surface area contributed by atoms with Gasteiger partial charge in [0.05, 0.1) is 23.0 Å². The van der Waals surface area contributed by atoms with E-state index in [0.717, 1.165) is 16.3 Å². The first-order valence-electron chi connectivity index (χ1n) is 7.96. The van der Waals surface area contributed by atoms with E-state index in [1.807, 2.05) is 6.92 Å². The predicted molar refractivity (Wildman–Crippen MR) is 101 cm³/mol. The molecule has 2 aromatic rings. The molecule has 0 atom stereocenters. The Labute approximate surface area is 155 Å². The van der Waals surface area contributed by atoms with Crippen molar-refractivity contribution in [3.8, 4) is 0 Å². The van der Waals surface area contributed by atoms with Crippen molar-refractivity contribution in [2.45, 2.75) is 47.0 Å². The highest BCUT2D eigenvalue weighted by atomic mass is 32.1. The smallest absolute Gasteiger partial charge is 0.350 e. The van der Waals surface area contributed by atoms with Crippen molar-refractivity contribution in [2.24, 2.45) is 0 Å². The molecule has 25 heavy (non-hydrogen) atoms. The highest BCUT2D eigenvalue weighted by Crippen LogP contribution is 2.32. The highest BCUT2D eigenvalue weighted by Gasteiger charge is 2.27. The first kappa shape index (κ1) is 19.5. The Balaban J connectivity index is 2.31. The van der Waals surface area contributed by atoms with Crippen LogP contribution in [0.25, 0.3) is 0 Å². The first-order chi connectivity index (χ1) is 11.6. The van der Waals surface area contributed by atoms with Gasteiger partial charge in [-0.25, -0.2) is 14.8 Å². The van der Waals surface area contributed by atoms with Crippen molar-refractivity contribution in [3.63, 3.8) is 0 Å². The fourth-order valence-electron chi connectivity index (χ4n) is 2.07. The van der Waals surface area contributed by atoms with Crippen LogP contribution in [0.1, 0.15) is 63.4 Å². The van der Waals surface area contributed by atoms with Crippen LogP contribution in [0.2, 0.25) is 0 Å². The number of esters is 1. The molecule has 0 aliphatic heterocycles. The van der Waals surface area contributed by atoms with E-state index in [2.05, 4.69) is 30.7 Å². The molecule has 2 heterocycles. The Bertz CT molecular complexity index is 803. The summed E-state index contributed by atoms with van der Waals surface area (Å²) < 4.78 is 5.03. The van der Waals surface area contributed by atoms with Crippen LogP contribution >= 0.6 is 22.7 Å². The summed E-state index contributed by atoms with van der Waals surface area (Å²) in [5.41, 5.74) is 1.17. The summed E-state index contributed by atoms with van der Waals surface area (Å²) in [4.78, 5) is 36.2. The molecule has 2 rings (SSSR count). The number of nitrogens with zero attached hydrogens (tertiary/aromatic N) is 3. The molecule has 0 unspecified atom stereocenters. The summed E-state index contributed by atoms with van der Waals surface area (Å²) in [5.74, 6) is -0.580. The average Bonchev–Trinajstić information content (AvgIpc) is 3.09. The van der Waals surface area contributed by atoms with E-state index in [9.17, 15) is 9.59 Å². The van der Waals surface area contributed by atoms with Crippen molar-refractivity contribution in [3.05, 3.63) is 26.1 Å². The van der Waals surface area contributed by atoms with Crippen LogP contribution in [0, 0.1) is 13.8 Å². The van der Waals surface area contributed by atoms with Gasteiger partial charge in [-0.1, -0.05) is 32.1 Å². The molecule has 0 N–H and O–H groups in total. The van der Waals surface area contributed by atoms with Gasteiger partial charge < -0.3 is 4.74 Å². The van der Waals surface area contributed by atoms with Gasteiger partial charge in [-0.15, -0.1) is 11.3 Å². The molecule has 6 nitrogen and oxygen atoms in total. The Hall–Kier alpha value is -1.80. The molecule has 0 aromatic carbocycles. The summed E-state index contributed by atoms with van der Waals surface area (Å²) in [5, 5.41) is 1.39. The van der Waals surface area contributed by atoms with Gasteiger partial charge in [0.2, 0.25) is 0 Å². The molecule has 0 bridgehead atoms. The van der Waals surface area contributed by atoms with Crippen molar-refractivity contribution in [2.75, 3.05) is 18.6 Å². The third-order valence-electron chi connectivity index (χ3n) is 3.47. The fourth-order valence-corrected chi connectivity index (χ4v) is 4.09. The van der Waals surface area contributed by atoms with Gasteiger partial charge in [0.1, 0.15) is 9.75 Å². The van der Waals surface area contributed by atoms with Crippen LogP contribution in [0.3, 0.4) is 0 Å². The number of carbonyl (C=O) groups is 2. The lowest BCUT2D eigenvalue weighted by Crippen LogP contribution is -2.25. The summed E-state index contributed by atoms with van der Waals surface area (Å²) in [7, 11) is 1.66. The van der Waals surface area contributed by atoms with Gasteiger partial charge >= 0.3 is 5.97 Å². The minimum Gasteiger partial charge on any atom is -0.462 e. The molecular weight excluding hydrogens is 358 g/mol. The van der Waals surface area contributed by atoms with Gasteiger partial charge in [-0.3, -0.25) is 9.69 Å². The second kappa shape index (κ2) is 7.21. The van der Waals surface area contributed by atoms with E-state index in [1.165, 1.54) is 16.2 Å². The monoisotopic (exact) mass is 381 g/mol. The van der Waals surface area contributed by atoms with Crippen molar-refractivity contribution < 1.29 is 14.3 Å². The quantitative estimate of drug-likeness (QED) is 0.750. The van der Waals surface area contributed by atoms with Gasteiger partial charge in [-0.05, 0) is 20.8 Å². The minimum absolute atomic E-state index is 0.110. The Kier molecular flexibility index (Phi) is 5.63. The topological polar surface area (TPSA) is 72.4 Å². The molecule has 0 saturated carbocycles. The lowest BCUT2D eigenvalue weighted by atomic mass is 9.98. The molecule has 2 aromatic heterocycles. The van der Waals surface area contributed by atoms with Crippen LogP contribution in [0.15, 0.2) is 0 Å². The van der Waals surface area contributed by atoms with Crippen LogP contribution in [-0.2, 0) is 10.2 Å². The van der Waals surface area contributed by atoms with E-state index in [-0.39, 0.29) is 11.3 Å². The third-order valence-corrected chi connectivity index (χ3v) is 6.26. The average molecular weight is 382 g/mol. The number of aryl methyl sites for hydroxylation is 2. The Morgan fingerprint density at radius 1 is 1.08 bits per heavy atom. The molecule has 136 valence electrons. The van der Waals surface area contributed by atoms with Gasteiger partial charge in [0.25, 0.3) is 5.91 Å². The second-order valence-corrected chi connectivity index (χ2v) is 8.66. The maximum Gasteiger partial charge on any atom is 0.350 e. The fraction of sp³-hybridized carbons (Fsp3) is 0.529. The zero-order valence-electron chi connectivity index (χ0n) is 15.6. The molecule has 8 heteroatoms. The standard InChI is InChI=1S/C17H23N3O3S2/c1-8-23-14(22)12-10(3)19-16(25-12)20(7)13(21)11-9(2)18-15(24-11)17(4,5)6/h8H2,1-7H3. The number of ether oxygens (including phenoxy) is 1. The van der Waals surface area contributed by atoms with Crippen molar-refractivity contribution in [1.82, 2.24) is 9.97 Å². The Morgan fingerprint density at radius 3 is 2.20 bits per heavy atom. The SMILES string of the molecule is CCOC(=O)c1sc(N(C)C(=O)c2sc(C(C)(C)C)nc2C)nc1C. The largest absolute Gasteiger partial charge is 0.462 e. The molecule has 0 radical (unpaired) electrons. The molecule has 0 fully saturated rings. The minimum atomic E-state index is -0.409. The van der Waals surface area contributed by atoms with Gasteiger partial charge in [0, 0.05) is 12.5 Å². The number of hydrogen-bond acceptors (Lipinski definition) is 7. The molecule has 1 amide bonds. The normalized spacial score (nSPS) is 11.5. The zero-order chi connectivity index (χ0) is 18.9. The molecular formula is C17H23N3O3S2. The predicted octanol–water partition coefficient (Wildman–Crippen LogP) is 3.97. The molecule has 0 aliphatic carbocycles. The van der Waals surface area contributed by atoms with E-state index in [0.29, 0.717) is 32.9 Å². The number of aromatic nitrogens is 2. The maximum absolute atomic E-state index is 12.9. The molecule has 0 spiro atoms. The van der Waals surface area contributed by atoms with Crippen LogP contribution < -0.4 is 4.90 Å². The van der Waals surface area contributed by atoms with Gasteiger partial charge in [-0.2, -0.15) is 0 Å². The zero-order valence-corrected chi connectivity index (χ0v) is 17.2. The van der Waals surface area contributed by atoms with E-state index in [4.69, 9.17) is 4.74 Å². The summed E-state index contributed by atoms with van der Waals surface area (Å²) in [6, 6.07) is 0. The van der Waals surface area contributed by atoms with Crippen LogP contribution in [0.4, 0.5) is 5.13 Å². The summed E-state index contributed by atoms with van der Waals surface area (Å²) in [6.07, 6.45) is 0. The number of rotatable bonds is 4. The lowest BCUT2D eigenvalue weighted by Gasteiger charge is -2.14. The maximum atomic E-state index is 12.9. The number of carbonyl (C=O) groups excluding carboxylic acids is 2. The molecule has 0 aliphatic rings.